The lowest BCUT2D eigenvalue weighted by Gasteiger charge is -2.03. The van der Waals surface area contributed by atoms with Crippen LogP contribution in [0.15, 0.2) is 35.6 Å². The maximum atomic E-state index is 11.9. The Morgan fingerprint density at radius 1 is 1.32 bits per heavy atom. The van der Waals surface area contributed by atoms with Gasteiger partial charge in [0.15, 0.2) is 0 Å². The van der Waals surface area contributed by atoms with E-state index in [0.717, 1.165) is 18.3 Å². The summed E-state index contributed by atoms with van der Waals surface area (Å²) in [4.78, 5) is 35.8. The van der Waals surface area contributed by atoms with Crippen LogP contribution < -0.4 is 5.43 Å². The molecule has 1 heterocycles. The monoisotopic (exact) mass is 457 g/mol. The molecule has 0 atom stereocenters. The average molecular weight is 457 g/mol. The Kier molecular flexibility index (Phi) is 5.53. The largest absolute Gasteiger partial charge is 0.506 e. The number of amides is 1. The second kappa shape index (κ2) is 7.61. The van der Waals surface area contributed by atoms with Crippen LogP contribution in [0.25, 0.3) is 0 Å². The van der Waals surface area contributed by atoms with E-state index in [1.165, 1.54) is 18.3 Å². The SMILES string of the molecule is O=C(N/N=C\c1cc([N+](=O)[O-])cc(I)c1O)c1ncccc1[N+](=O)[O-]. The van der Waals surface area contributed by atoms with E-state index >= 15 is 0 Å². The fourth-order valence-electron chi connectivity index (χ4n) is 1.74. The Labute approximate surface area is 152 Å². The average Bonchev–Trinajstić information content (AvgIpc) is 2.58. The van der Waals surface area contributed by atoms with Gasteiger partial charge in [0.1, 0.15) is 5.75 Å². The molecule has 2 N–H and O–H groups in total. The highest BCUT2D eigenvalue weighted by molar-refractivity contribution is 14.1. The van der Waals surface area contributed by atoms with Gasteiger partial charge in [-0.25, -0.2) is 10.4 Å². The number of nitrogens with zero attached hydrogens (tertiary/aromatic N) is 4. The van der Waals surface area contributed by atoms with Crippen LogP contribution in [0.3, 0.4) is 0 Å². The smallest absolute Gasteiger partial charge is 0.300 e. The number of hydrazone groups is 1. The van der Waals surface area contributed by atoms with Crippen molar-refractivity contribution in [1.82, 2.24) is 10.4 Å². The number of pyridine rings is 1. The highest BCUT2D eigenvalue weighted by Crippen LogP contribution is 2.28. The highest BCUT2D eigenvalue weighted by atomic mass is 127. The van der Waals surface area contributed by atoms with E-state index in [0.29, 0.717) is 0 Å². The van der Waals surface area contributed by atoms with Crippen molar-refractivity contribution >= 4 is 46.1 Å². The van der Waals surface area contributed by atoms with Crippen LogP contribution >= 0.6 is 22.6 Å². The van der Waals surface area contributed by atoms with Gasteiger partial charge in [0.2, 0.25) is 5.69 Å². The molecule has 12 heteroatoms. The summed E-state index contributed by atoms with van der Waals surface area (Å²) in [6.45, 7) is 0. The summed E-state index contributed by atoms with van der Waals surface area (Å²) in [7, 11) is 0. The second-order valence-corrected chi connectivity index (χ2v) is 5.61. The maximum absolute atomic E-state index is 11.9. The maximum Gasteiger partial charge on any atom is 0.300 e. The van der Waals surface area contributed by atoms with Crippen molar-refractivity contribution in [1.29, 1.82) is 0 Å². The third-order valence-electron chi connectivity index (χ3n) is 2.86. The van der Waals surface area contributed by atoms with Gasteiger partial charge in [-0.2, -0.15) is 5.10 Å². The quantitative estimate of drug-likeness (QED) is 0.300. The van der Waals surface area contributed by atoms with E-state index in [2.05, 4.69) is 10.1 Å². The summed E-state index contributed by atoms with van der Waals surface area (Å²) in [6, 6.07) is 4.65. The van der Waals surface area contributed by atoms with Crippen molar-refractivity contribution in [2.24, 2.45) is 5.10 Å². The molecule has 0 fully saturated rings. The first kappa shape index (κ1) is 18.2. The molecule has 2 aromatic rings. The molecular formula is C13H8IN5O6. The van der Waals surface area contributed by atoms with E-state index in [9.17, 15) is 30.1 Å². The molecule has 0 unspecified atom stereocenters. The molecule has 0 saturated heterocycles. The van der Waals surface area contributed by atoms with E-state index in [-0.39, 0.29) is 20.6 Å². The number of carbonyl (C=O) groups excluding carboxylic acids is 1. The lowest BCUT2D eigenvalue weighted by Crippen LogP contribution is -2.20. The number of aromatic nitrogens is 1. The number of phenolic OH excluding ortho intramolecular Hbond substituents is 1. The standard InChI is InChI=1S/C13H8IN5O6/c14-9-5-8(18(22)23)4-7(12(9)20)6-16-17-13(21)11-10(19(24)25)2-1-3-15-11/h1-6,20H,(H,17,21)/b16-6-. The zero-order chi connectivity index (χ0) is 18.6. The van der Waals surface area contributed by atoms with Gasteiger partial charge < -0.3 is 5.11 Å². The van der Waals surface area contributed by atoms with Crippen molar-refractivity contribution in [2.45, 2.75) is 0 Å². The van der Waals surface area contributed by atoms with Gasteiger partial charge >= 0.3 is 5.69 Å². The Balaban J connectivity index is 2.23. The van der Waals surface area contributed by atoms with Crippen LogP contribution in [0.4, 0.5) is 11.4 Å². The van der Waals surface area contributed by atoms with E-state index in [4.69, 9.17) is 0 Å². The molecule has 0 saturated carbocycles. The van der Waals surface area contributed by atoms with Gasteiger partial charge in [0, 0.05) is 30.0 Å². The number of nitro benzene ring substituents is 1. The lowest BCUT2D eigenvalue weighted by molar-refractivity contribution is -0.385. The van der Waals surface area contributed by atoms with Crippen molar-refractivity contribution in [3.63, 3.8) is 0 Å². The number of rotatable bonds is 5. The van der Waals surface area contributed by atoms with Crippen LogP contribution in [0.1, 0.15) is 16.1 Å². The Morgan fingerprint density at radius 2 is 2.04 bits per heavy atom. The number of nitro groups is 2. The minimum atomic E-state index is -0.942. The summed E-state index contributed by atoms with van der Waals surface area (Å²) in [6.07, 6.45) is 2.19. The first-order valence-corrected chi connectivity index (χ1v) is 7.49. The molecule has 11 nitrogen and oxygen atoms in total. The molecule has 0 aliphatic carbocycles. The minimum absolute atomic E-state index is 0.00517. The first-order chi connectivity index (χ1) is 11.8. The number of hydrogen-bond donors (Lipinski definition) is 2. The van der Waals surface area contributed by atoms with E-state index < -0.39 is 27.1 Å². The van der Waals surface area contributed by atoms with Crippen LogP contribution in [0.5, 0.6) is 5.75 Å². The van der Waals surface area contributed by atoms with Gasteiger partial charge in [-0.1, -0.05) is 0 Å². The van der Waals surface area contributed by atoms with Gasteiger partial charge in [-0.15, -0.1) is 0 Å². The summed E-state index contributed by atoms with van der Waals surface area (Å²) in [5.74, 6) is -1.20. The number of halogens is 1. The zero-order valence-electron chi connectivity index (χ0n) is 12.1. The van der Waals surface area contributed by atoms with Gasteiger partial charge in [0.25, 0.3) is 11.6 Å². The van der Waals surface area contributed by atoms with Crippen LogP contribution in [0.2, 0.25) is 0 Å². The number of benzene rings is 1. The first-order valence-electron chi connectivity index (χ1n) is 6.41. The van der Waals surface area contributed by atoms with Crippen molar-refractivity contribution in [3.05, 3.63) is 65.5 Å². The molecule has 0 aliphatic rings. The van der Waals surface area contributed by atoms with E-state index in [1.807, 2.05) is 5.43 Å². The number of aromatic hydroxyl groups is 1. The normalized spacial score (nSPS) is 10.6. The fraction of sp³-hybridized carbons (Fsp3) is 0. The predicted molar refractivity (Wildman–Crippen MR) is 93.4 cm³/mol. The van der Waals surface area contributed by atoms with Crippen LogP contribution in [-0.4, -0.2) is 32.1 Å². The molecule has 1 aromatic carbocycles. The molecule has 0 radical (unpaired) electrons. The molecule has 25 heavy (non-hydrogen) atoms. The van der Waals surface area contributed by atoms with Crippen molar-refractivity contribution in [3.8, 4) is 5.75 Å². The van der Waals surface area contributed by atoms with Crippen molar-refractivity contribution in [2.75, 3.05) is 0 Å². The summed E-state index contributed by atoms with van der Waals surface area (Å²) in [5.41, 5.74) is 0.805. The lowest BCUT2D eigenvalue weighted by atomic mass is 10.2. The summed E-state index contributed by atoms with van der Waals surface area (Å²) >= 11 is 1.71. The van der Waals surface area contributed by atoms with Gasteiger partial charge in [-0.05, 0) is 28.7 Å². The third kappa shape index (κ3) is 4.23. The fourth-order valence-corrected chi connectivity index (χ4v) is 2.37. The minimum Gasteiger partial charge on any atom is -0.506 e. The Morgan fingerprint density at radius 3 is 2.68 bits per heavy atom. The van der Waals surface area contributed by atoms with Crippen molar-refractivity contribution < 1.29 is 19.7 Å². The number of hydrogen-bond acceptors (Lipinski definition) is 8. The van der Waals surface area contributed by atoms with Gasteiger partial charge in [-0.3, -0.25) is 25.0 Å². The summed E-state index contributed by atoms with van der Waals surface area (Å²) < 4.78 is 0.222. The Bertz CT molecular complexity index is 900. The zero-order valence-corrected chi connectivity index (χ0v) is 14.3. The number of non-ortho nitro benzene ring substituents is 1. The topological polar surface area (TPSA) is 161 Å². The number of nitrogens with one attached hydrogen (secondary N) is 1. The third-order valence-corrected chi connectivity index (χ3v) is 3.68. The molecule has 1 amide bonds. The second-order valence-electron chi connectivity index (χ2n) is 4.45. The number of phenols is 1. The highest BCUT2D eigenvalue weighted by Gasteiger charge is 2.21. The molecular weight excluding hydrogens is 449 g/mol. The Hall–Kier alpha value is -3.16. The molecule has 1 aromatic heterocycles. The molecule has 0 spiro atoms. The summed E-state index contributed by atoms with van der Waals surface area (Å²) in [5, 5.41) is 35.1. The van der Waals surface area contributed by atoms with E-state index in [1.54, 1.807) is 22.6 Å². The molecule has 128 valence electrons. The van der Waals surface area contributed by atoms with Crippen LogP contribution in [-0.2, 0) is 0 Å². The number of carbonyl (C=O) groups is 1. The molecule has 2 rings (SSSR count). The molecule has 0 bridgehead atoms. The molecule has 0 aliphatic heterocycles. The van der Waals surface area contributed by atoms with Gasteiger partial charge in [0.05, 0.1) is 19.6 Å². The van der Waals surface area contributed by atoms with Crippen LogP contribution in [0, 0.1) is 23.8 Å². The predicted octanol–water partition coefficient (Wildman–Crippen LogP) is 1.97.